The van der Waals surface area contributed by atoms with E-state index in [1.807, 2.05) is 0 Å². The van der Waals surface area contributed by atoms with Crippen LogP contribution in [0.1, 0.15) is 36.5 Å². The van der Waals surface area contributed by atoms with E-state index in [4.69, 9.17) is 0 Å². The molecule has 1 heterocycles. The molecule has 0 aliphatic carbocycles. The number of hydrogen-bond donors (Lipinski definition) is 1. The molecule has 2 rings (SSSR count). The van der Waals surface area contributed by atoms with Gasteiger partial charge in [0.15, 0.2) is 0 Å². The predicted molar refractivity (Wildman–Crippen MR) is 71.2 cm³/mol. The molecule has 15 heavy (non-hydrogen) atoms. The molecule has 0 amide bonds. The highest BCUT2D eigenvalue weighted by molar-refractivity contribution is 8.67. The normalized spacial score (nSPS) is 16.8. The van der Waals surface area contributed by atoms with Crippen molar-refractivity contribution in [1.82, 2.24) is 4.31 Å². The first-order chi connectivity index (χ1) is 7.22. The summed E-state index contributed by atoms with van der Waals surface area (Å²) in [5.41, 5.74) is 4.58. The smallest absolute Gasteiger partial charge is 0.0351 e. The first-order valence-corrected chi connectivity index (χ1v) is 7.22. The fourth-order valence-corrected chi connectivity index (χ4v) is 3.01. The summed E-state index contributed by atoms with van der Waals surface area (Å²) in [7, 11) is 1.55. The summed E-state index contributed by atoms with van der Waals surface area (Å²) in [5.74, 6) is 0.634. The highest BCUT2D eigenvalue weighted by Crippen LogP contribution is 2.30. The van der Waals surface area contributed by atoms with Gasteiger partial charge in [-0.05, 0) is 40.0 Å². The second kappa shape index (κ2) is 4.81. The minimum absolute atomic E-state index is 0.634. The van der Waals surface area contributed by atoms with Crippen LogP contribution in [-0.2, 0) is 13.0 Å². The van der Waals surface area contributed by atoms with Crippen molar-refractivity contribution in [1.29, 1.82) is 0 Å². The van der Waals surface area contributed by atoms with Crippen LogP contribution >= 0.6 is 22.6 Å². The van der Waals surface area contributed by atoms with Crippen LogP contribution in [0.25, 0.3) is 0 Å². The maximum absolute atomic E-state index is 4.26. The topological polar surface area (TPSA) is 3.24 Å². The van der Waals surface area contributed by atoms with Gasteiger partial charge in [0.1, 0.15) is 0 Å². The van der Waals surface area contributed by atoms with Crippen molar-refractivity contribution < 1.29 is 0 Å². The molecule has 1 nitrogen and oxygen atoms in total. The van der Waals surface area contributed by atoms with Crippen molar-refractivity contribution in [2.75, 3.05) is 6.54 Å². The lowest BCUT2D eigenvalue weighted by Gasteiger charge is -2.28. The van der Waals surface area contributed by atoms with Gasteiger partial charge in [0, 0.05) is 13.1 Å². The van der Waals surface area contributed by atoms with Crippen LogP contribution in [0.5, 0.6) is 0 Å². The summed E-state index contributed by atoms with van der Waals surface area (Å²) in [6.45, 7) is 6.69. The summed E-state index contributed by atoms with van der Waals surface area (Å²) < 4.78 is 2.30. The Bertz CT molecular complexity index is 349. The van der Waals surface area contributed by atoms with E-state index in [2.05, 4.69) is 48.0 Å². The molecular formula is C12H17NS2. The Morgan fingerprint density at radius 2 is 2.20 bits per heavy atom. The number of benzene rings is 1. The number of fused-ring (bicyclic) bond motifs is 1. The number of thiol groups is 1. The Kier molecular flexibility index (Phi) is 3.65. The summed E-state index contributed by atoms with van der Waals surface area (Å²) in [4.78, 5) is 0. The standard InChI is InChI=1S/C12H17NS2/c1-9(2)11-5-3-4-10-8-13(15-14)7-6-12(10)11/h3-5,9,14H,6-8H2,1-2H3. The molecule has 1 aliphatic rings. The summed E-state index contributed by atoms with van der Waals surface area (Å²) in [6, 6.07) is 6.70. The van der Waals surface area contributed by atoms with Gasteiger partial charge in [-0.3, -0.25) is 0 Å². The third-order valence-electron chi connectivity index (χ3n) is 3.00. The van der Waals surface area contributed by atoms with E-state index >= 15 is 0 Å². The van der Waals surface area contributed by atoms with Crippen molar-refractivity contribution in [3.63, 3.8) is 0 Å². The molecular weight excluding hydrogens is 222 g/mol. The molecule has 0 N–H and O–H groups in total. The van der Waals surface area contributed by atoms with Gasteiger partial charge in [0.05, 0.1) is 0 Å². The van der Waals surface area contributed by atoms with Gasteiger partial charge in [-0.15, -0.1) is 0 Å². The monoisotopic (exact) mass is 239 g/mol. The molecule has 0 saturated heterocycles. The second-order valence-corrected chi connectivity index (χ2v) is 5.50. The molecule has 1 aliphatic heterocycles. The molecule has 0 bridgehead atoms. The van der Waals surface area contributed by atoms with Gasteiger partial charge < -0.3 is 0 Å². The molecule has 1 aromatic rings. The second-order valence-electron chi connectivity index (χ2n) is 4.33. The fraction of sp³-hybridized carbons (Fsp3) is 0.500. The number of hydrogen-bond acceptors (Lipinski definition) is 3. The summed E-state index contributed by atoms with van der Waals surface area (Å²) in [6.07, 6.45) is 1.16. The van der Waals surface area contributed by atoms with Gasteiger partial charge in [-0.2, -0.15) is 0 Å². The molecule has 1 aromatic carbocycles. The van der Waals surface area contributed by atoms with Crippen molar-refractivity contribution in [3.05, 3.63) is 34.9 Å². The largest absolute Gasteiger partial charge is 0.237 e. The van der Waals surface area contributed by atoms with Gasteiger partial charge in [0.25, 0.3) is 0 Å². The Balaban J connectivity index is 2.33. The molecule has 0 saturated carbocycles. The first kappa shape index (κ1) is 11.4. The van der Waals surface area contributed by atoms with Crippen molar-refractivity contribution in [2.24, 2.45) is 0 Å². The average molecular weight is 239 g/mol. The number of nitrogens with zero attached hydrogens (tertiary/aromatic N) is 1. The molecule has 0 aromatic heterocycles. The van der Waals surface area contributed by atoms with Crippen molar-refractivity contribution >= 4 is 22.6 Å². The average Bonchev–Trinajstić information content (AvgIpc) is 2.27. The van der Waals surface area contributed by atoms with E-state index in [0.29, 0.717) is 5.92 Å². The van der Waals surface area contributed by atoms with Crippen molar-refractivity contribution in [3.8, 4) is 0 Å². The van der Waals surface area contributed by atoms with Crippen LogP contribution in [0, 0.1) is 0 Å². The summed E-state index contributed by atoms with van der Waals surface area (Å²) in [5, 5.41) is 0. The van der Waals surface area contributed by atoms with Crippen LogP contribution < -0.4 is 0 Å². The van der Waals surface area contributed by atoms with Crippen LogP contribution in [0.15, 0.2) is 18.2 Å². The fourth-order valence-electron chi connectivity index (χ4n) is 2.22. The molecule has 0 unspecified atom stereocenters. The summed E-state index contributed by atoms with van der Waals surface area (Å²) >= 11 is 4.26. The van der Waals surface area contributed by atoms with E-state index in [1.165, 1.54) is 11.1 Å². The maximum Gasteiger partial charge on any atom is 0.0351 e. The number of rotatable bonds is 2. The highest BCUT2D eigenvalue weighted by atomic mass is 33.1. The zero-order chi connectivity index (χ0) is 10.8. The Morgan fingerprint density at radius 1 is 1.40 bits per heavy atom. The van der Waals surface area contributed by atoms with E-state index in [0.717, 1.165) is 19.5 Å². The van der Waals surface area contributed by atoms with E-state index in [9.17, 15) is 0 Å². The Hall–Kier alpha value is -0.120. The van der Waals surface area contributed by atoms with E-state index in [1.54, 1.807) is 16.5 Å². The first-order valence-electron chi connectivity index (χ1n) is 5.39. The van der Waals surface area contributed by atoms with E-state index < -0.39 is 0 Å². The van der Waals surface area contributed by atoms with E-state index in [-0.39, 0.29) is 0 Å². The maximum atomic E-state index is 4.26. The van der Waals surface area contributed by atoms with Crippen LogP contribution in [0.3, 0.4) is 0 Å². The SMILES string of the molecule is CC(C)c1cccc2c1CCN(SS)C2. The Labute approximate surface area is 101 Å². The quantitative estimate of drug-likeness (QED) is 0.476. The molecule has 0 atom stereocenters. The third kappa shape index (κ3) is 2.35. The molecule has 0 fully saturated rings. The van der Waals surface area contributed by atoms with Gasteiger partial charge in [-0.25, -0.2) is 4.31 Å². The molecule has 0 spiro atoms. The minimum atomic E-state index is 0.634. The highest BCUT2D eigenvalue weighted by Gasteiger charge is 2.18. The zero-order valence-electron chi connectivity index (χ0n) is 9.23. The van der Waals surface area contributed by atoms with Gasteiger partial charge in [-0.1, -0.05) is 43.7 Å². The Morgan fingerprint density at radius 3 is 2.87 bits per heavy atom. The molecule has 3 heteroatoms. The lowest BCUT2D eigenvalue weighted by molar-refractivity contribution is 0.446. The van der Waals surface area contributed by atoms with Crippen LogP contribution in [-0.4, -0.2) is 10.8 Å². The van der Waals surface area contributed by atoms with Crippen molar-refractivity contribution in [2.45, 2.75) is 32.7 Å². The van der Waals surface area contributed by atoms with Crippen LogP contribution in [0.4, 0.5) is 0 Å². The lowest BCUT2D eigenvalue weighted by atomic mass is 9.90. The molecule has 0 radical (unpaired) electrons. The molecule has 82 valence electrons. The predicted octanol–water partition coefficient (Wildman–Crippen LogP) is 3.66. The minimum Gasteiger partial charge on any atom is -0.237 e. The van der Waals surface area contributed by atoms with Gasteiger partial charge in [0.2, 0.25) is 0 Å². The lowest BCUT2D eigenvalue weighted by Crippen LogP contribution is -2.24. The third-order valence-corrected chi connectivity index (χ3v) is 4.24. The van der Waals surface area contributed by atoms with Gasteiger partial charge >= 0.3 is 0 Å². The zero-order valence-corrected chi connectivity index (χ0v) is 10.9. The van der Waals surface area contributed by atoms with Crippen LogP contribution in [0.2, 0.25) is 0 Å².